The highest BCUT2D eigenvalue weighted by Crippen LogP contribution is 2.38. The molecule has 2 heterocycles. The molecular weight excluding hydrogens is 336 g/mol. The van der Waals surface area contributed by atoms with Gasteiger partial charge in [0.2, 0.25) is 5.91 Å². The quantitative estimate of drug-likeness (QED) is 0.902. The summed E-state index contributed by atoms with van der Waals surface area (Å²) in [5, 5.41) is 3.17. The van der Waals surface area contributed by atoms with Crippen molar-refractivity contribution in [1.29, 1.82) is 0 Å². The van der Waals surface area contributed by atoms with Gasteiger partial charge in [0.05, 0.1) is 12.0 Å². The van der Waals surface area contributed by atoms with Gasteiger partial charge in [0.1, 0.15) is 5.75 Å². The van der Waals surface area contributed by atoms with E-state index >= 15 is 0 Å². The number of piperidine rings is 1. The Morgan fingerprint density at radius 1 is 1.04 bits per heavy atom. The predicted octanol–water partition coefficient (Wildman–Crippen LogP) is 3.54. The number of hydrogen-bond acceptors (Lipinski definition) is 3. The highest BCUT2D eigenvalue weighted by atomic mass is 16.5. The van der Waals surface area contributed by atoms with E-state index in [1.807, 2.05) is 19.1 Å². The average molecular weight is 364 g/mol. The van der Waals surface area contributed by atoms with Crippen molar-refractivity contribution in [2.75, 3.05) is 19.7 Å². The van der Waals surface area contributed by atoms with E-state index < -0.39 is 0 Å². The molecule has 0 unspecified atom stereocenters. The summed E-state index contributed by atoms with van der Waals surface area (Å²) >= 11 is 0. The molecule has 2 aliphatic rings. The molecule has 142 valence electrons. The van der Waals surface area contributed by atoms with Gasteiger partial charge in [-0.15, -0.1) is 0 Å². The highest BCUT2D eigenvalue weighted by Gasteiger charge is 2.42. The topological polar surface area (TPSA) is 41.6 Å². The van der Waals surface area contributed by atoms with Gasteiger partial charge in [-0.05, 0) is 56.5 Å². The highest BCUT2D eigenvalue weighted by molar-refractivity contribution is 5.83. The number of nitrogens with one attached hydrogen (secondary N) is 1. The number of benzene rings is 2. The molecule has 0 aliphatic carbocycles. The third kappa shape index (κ3) is 3.72. The Morgan fingerprint density at radius 2 is 1.74 bits per heavy atom. The van der Waals surface area contributed by atoms with Gasteiger partial charge in [-0.3, -0.25) is 9.69 Å². The van der Waals surface area contributed by atoms with Crippen molar-refractivity contribution in [3.8, 4) is 5.75 Å². The van der Waals surface area contributed by atoms with Crippen molar-refractivity contribution in [3.63, 3.8) is 0 Å². The third-order valence-electron chi connectivity index (χ3n) is 6.05. The summed E-state index contributed by atoms with van der Waals surface area (Å²) in [5.41, 5.74) is 3.55. The standard InChI is InChI=1S/C23H28N2O2/c1-2-27-21-10-6-5-9-20(21)17-25-13-11-23(12-14-25)15-18-7-3-4-8-19(18)16-24-22(23)26/h3-10H,2,11-17H2,1H3,(H,24,26). The summed E-state index contributed by atoms with van der Waals surface area (Å²) in [6.07, 6.45) is 2.67. The van der Waals surface area contributed by atoms with Crippen LogP contribution in [0.1, 0.15) is 36.5 Å². The monoisotopic (exact) mass is 364 g/mol. The zero-order valence-corrected chi connectivity index (χ0v) is 16.0. The number of hydrogen-bond donors (Lipinski definition) is 1. The van der Waals surface area contributed by atoms with E-state index in [4.69, 9.17) is 4.74 Å². The summed E-state index contributed by atoms with van der Waals surface area (Å²) in [5.74, 6) is 1.20. The van der Waals surface area contributed by atoms with Crippen LogP contribution < -0.4 is 10.1 Å². The van der Waals surface area contributed by atoms with Crippen LogP contribution in [0, 0.1) is 5.41 Å². The van der Waals surface area contributed by atoms with E-state index in [-0.39, 0.29) is 11.3 Å². The van der Waals surface area contributed by atoms with Crippen LogP contribution in [0.15, 0.2) is 48.5 Å². The van der Waals surface area contributed by atoms with Crippen molar-refractivity contribution in [3.05, 3.63) is 65.2 Å². The van der Waals surface area contributed by atoms with E-state index in [0.717, 1.165) is 44.6 Å². The molecule has 0 radical (unpaired) electrons. The van der Waals surface area contributed by atoms with Crippen molar-refractivity contribution < 1.29 is 9.53 Å². The summed E-state index contributed by atoms with van der Waals surface area (Å²) in [6.45, 7) is 6.11. The number of carbonyl (C=O) groups excluding carboxylic acids is 1. The second kappa shape index (κ2) is 7.73. The largest absolute Gasteiger partial charge is 0.494 e. The molecule has 2 aromatic carbocycles. The first-order chi connectivity index (χ1) is 13.2. The molecule has 1 saturated heterocycles. The van der Waals surface area contributed by atoms with Gasteiger partial charge in [0, 0.05) is 18.7 Å². The lowest BCUT2D eigenvalue weighted by molar-refractivity contribution is -0.133. The number of likely N-dealkylation sites (tertiary alicyclic amines) is 1. The van der Waals surface area contributed by atoms with Gasteiger partial charge in [0.25, 0.3) is 0 Å². The van der Waals surface area contributed by atoms with Crippen LogP contribution in [-0.2, 0) is 24.3 Å². The smallest absolute Gasteiger partial charge is 0.226 e. The second-order valence-electron chi connectivity index (χ2n) is 7.73. The Balaban J connectivity index is 1.46. The molecule has 27 heavy (non-hydrogen) atoms. The van der Waals surface area contributed by atoms with Gasteiger partial charge in [-0.2, -0.15) is 0 Å². The van der Waals surface area contributed by atoms with E-state index in [9.17, 15) is 4.79 Å². The normalized spacial score (nSPS) is 19.2. The molecule has 2 aliphatic heterocycles. The lowest BCUT2D eigenvalue weighted by Gasteiger charge is -2.40. The number of rotatable bonds is 4. The number of carbonyl (C=O) groups is 1. The Bertz CT molecular complexity index is 810. The fourth-order valence-electron chi connectivity index (χ4n) is 4.42. The zero-order valence-electron chi connectivity index (χ0n) is 16.0. The fourth-order valence-corrected chi connectivity index (χ4v) is 4.42. The Labute approximate surface area is 161 Å². The van der Waals surface area contributed by atoms with Gasteiger partial charge >= 0.3 is 0 Å². The minimum atomic E-state index is -0.261. The van der Waals surface area contributed by atoms with Gasteiger partial charge in [-0.1, -0.05) is 42.5 Å². The van der Waals surface area contributed by atoms with Crippen molar-refractivity contribution >= 4 is 5.91 Å². The van der Waals surface area contributed by atoms with Crippen LogP contribution in [0.4, 0.5) is 0 Å². The molecule has 0 aromatic heterocycles. The van der Waals surface area contributed by atoms with Crippen molar-refractivity contribution in [2.45, 2.75) is 39.3 Å². The molecule has 1 amide bonds. The molecule has 4 nitrogen and oxygen atoms in total. The van der Waals surface area contributed by atoms with E-state index in [1.165, 1.54) is 16.7 Å². The van der Waals surface area contributed by atoms with Gasteiger partial charge in [-0.25, -0.2) is 0 Å². The van der Waals surface area contributed by atoms with Crippen molar-refractivity contribution in [1.82, 2.24) is 10.2 Å². The minimum absolute atomic E-state index is 0.230. The van der Waals surface area contributed by atoms with Crippen LogP contribution in [0.2, 0.25) is 0 Å². The molecule has 0 bridgehead atoms. The molecular formula is C23H28N2O2. The fraction of sp³-hybridized carbons (Fsp3) is 0.435. The number of para-hydroxylation sites is 1. The maximum atomic E-state index is 12.9. The Kier molecular flexibility index (Phi) is 5.17. The average Bonchev–Trinajstić information content (AvgIpc) is 2.83. The van der Waals surface area contributed by atoms with Crippen LogP contribution in [0.5, 0.6) is 5.75 Å². The Hall–Kier alpha value is -2.33. The van der Waals surface area contributed by atoms with E-state index in [0.29, 0.717) is 13.2 Å². The number of amides is 1. The zero-order chi connectivity index (χ0) is 18.7. The molecule has 2 aromatic rings. The SMILES string of the molecule is CCOc1ccccc1CN1CCC2(CC1)Cc1ccccc1CNC2=O. The third-order valence-corrected chi connectivity index (χ3v) is 6.05. The lowest BCUT2D eigenvalue weighted by atomic mass is 9.73. The summed E-state index contributed by atoms with van der Waals surface area (Å²) < 4.78 is 5.77. The molecule has 0 atom stereocenters. The molecule has 0 saturated carbocycles. The van der Waals surface area contributed by atoms with Crippen LogP contribution in [0.3, 0.4) is 0 Å². The van der Waals surface area contributed by atoms with Crippen LogP contribution >= 0.6 is 0 Å². The molecule has 1 spiro atoms. The first kappa shape index (κ1) is 18.1. The van der Waals surface area contributed by atoms with E-state index in [2.05, 4.69) is 46.6 Å². The maximum Gasteiger partial charge on any atom is 0.226 e. The molecule has 4 heteroatoms. The first-order valence-corrected chi connectivity index (χ1v) is 9.98. The lowest BCUT2D eigenvalue weighted by Crippen LogP contribution is -2.48. The van der Waals surface area contributed by atoms with E-state index in [1.54, 1.807) is 0 Å². The molecule has 4 rings (SSSR count). The van der Waals surface area contributed by atoms with Gasteiger partial charge < -0.3 is 10.1 Å². The molecule has 1 fully saturated rings. The maximum absolute atomic E-state index is 12.9. The number of ether oxygens (including phenoxy) is 1. The number of fused-ring (bicyclic) bond motifs is 1. The Morgan fingerprint density at radius 3 is 2.52 bits per heavy atom. The second-order valence-corrected chi connectivity index (χ2v) is 7.73. The first-order valence-electron chi connectivity index (χ1n) is 9.98. The number of nitrogens with zero attached hydrogens (tertiary/aromatic N) is 1. The minimum Gasteiger partial charge on any atom is -0.494 e. The summed E-state index contributed by atoms with van der Waals surface area (Å²) in [7, 11) is 0. The van der Waals surface area contributed by atoms with Gasteiger partial charge in [0.15, 0.2) is 0 Å². The summed E-state index contributed by atoms with van der Waals surface area (Å²) in [4.78, 5) is 15.4. The van der Waals surface area contributed by atoms with Crippen molar-refractivity contribution in [2.24, 2.45) is 5.41 Å². The summed E-state index contributed by atoms with van der Waals surface area (Å²) in [6, 6.07) is 16.7. The van der Waals surface area contributed by atoms with Crippen LogP contribution in [0.25, 0.3) is 0 Å². The van der Waals surface area contributed by atoms with Crippen LogP contribution in [-0.4, -0.2) is 30.5 Å². The molecule has 1 N–H and O–H groups in total. The predicted molar refractivity (Wildman–Crippen MR) is 107 cm³/mol.